The minimum atomic E-state index is -0.163. The summed E-state index contributed by atoms with van der Waals surface area (Å²) in [4.78, 5) is 17.7. The van der Waals surface area contributed by atoms with Crippen molar-refractivity contribution in [2.24, 2.45) is 4.99 Å². The summed E-state index contributed by atoms with van der Waals surface area (Å²) in [5.41, 5.74) is 0.601. The molecule has 0 radical (unpaired) electrons. The van der Waals surface area contributed by atoms with E-state index in [1.165, 1.54) is 11.0 Å². The van der Waals surface area contributed by atoms with Gasteiger partial charge in [-0.2, -0.15) is 0 Å². The highest BCUT2D eigenvalue weighted by molar-refractivity contribution is 5.84. The third kappa shape index (κ3) is 5.44. The highest BCUT2D eigenvalue weighted by Gasteiger charge is 2.45. The molecule has 2 rings (SSSR count). The molecule has 1 aromatic carbocycles. The monoisotopic (exact) mass is 348 g/mol. The number of rotatable bonds is 8. The summed E-state index contributed by atoms with van der Waals surface area (Å²) in [5.74, 6) is 0.417. The zero-order valence-corrected chi connectivity index (χ0v) is 15.4. The zero-order chi connectivity index (χ0) is 18.3. The highest BCUT2D eigenvalue weighted by atomic mass is 19.1. The van der Waals surface area contributed by atoms with Crippen molar-refractivity contribution in [1.82, 2.24) is 15.5 Å². The van der Waals surface area contributed by atoms with Gasteiger partial charge in [-0.3, -0.25) is 4.79 Å². The number of nitrogens with zero attached hydrogens (tertiary/aromatic N) is 2. The average molecular weight is 348 g/mol. The normalized spacial score (nSPS) is 15.6. The predicted molar refractivity (Wildman–Crippen MR) is 99.2 cm³/mol. The molecule has 1 aromatic rings. The van der Waals surface area contributed by atoms with Crippen LogP contribution in [0.25, 0.3) is 0 Å². The second-order valence-electron chi connectivity index (χ2n) is 6.85. The Labute approximate surface area is 149 Å². The van der Waals surface area contributed by atoms with Crippen LogP contribution in [0.4, 0.5) is 4.39 Å². The topological polar surface area (TPSA) is 56.7 Å². The van der Waals surface area contributed by atoms with Crippen molar-refractivity contribution in [2.75, 3.05) is 33.7 Å². The SMILES string of the molecule is CCCCNC(=NCC(=O)N(C)C)NCC1(c2ccccc2F)CC1. The molecule has 0 spiro atoms. The quantitative estimate of drug-likeness (QED) is 0.430. The Morgan fingerprint density at radius 2 is 2.00 bits per heavy atom. The molecule has 0 bridgehead atoms. The number of halogens is 1. The Kier molecular flexibility index (Phi) is 6.79. The molecule has 1 aliphatic rings. The van der Waals surface area contributed by atoms with Gasteiger partial charge in [0.2, 0.25) is 5.91 Å². The van der Waals surface area contributed by atoms with E-state index < -0.39 is 0 Å². The number of hydrogen-bond acceptors (Lipinski definition) is 2. The first kappa shape index (κ1) is 19.2. The number of unbranched alkanes of at least 4 members (excludes halogenated alkanes) is 1. The molecule has 25 heavy (non-hydrogen) atoms. The Morgan fingerprint density at radius 3 is 2.60 bits per heavy atom. The second kappa shape index (κ2) is 8.83. The first-order valence-electron chi connectivity index (χ1n) is 8.96. The van der Waals surface area contributed by atoms with Gasteiger partial charge in [0.25, 0.3) is 0 Å². The largest absolute Gasteiger partial charge is 0.356 e. The van der Waals surface area contributed by atoms with E-state index in [0.717, 1.165) is 37.8 Å². The number of nitrogens with one attached hydrogen (secondary N) is 2. The number of carbonyl (C=O) groups excluding carboxylic acids is 1. The molecule has 0 heterocycles. The van der Waals surface area contributed by atoms with Crippen molar-refractivity contribution in [3.63, 3.8) is 0 Å². The summed E-state index contributed by atoms with van der Waals surface area (Å²) in [5, 5.41) is 6.56. The Hall–Kier alpha value is -2.11. The molecular formula is C19H29FN4O. The summed E-state index contributed by atoms with van der Waals surface area (Å²) < 4.78 is 14.1. The Bertz CT molecular complexity index is 611. The van der Waals surface area contributed by atoms with Crippen molar-refractivity contribution < 1.29 is 9.18 Å². The smallest absolute Gasteiger partial charge is 0.243 e. The van der Waals surface area contributed by atoms with Crippen LogP contribution in [0.5, 0.6) is 0 Å². The fraction of sp³-hybridized carbons (Fsp3) is 0.579. The maximum atomic E-state index is 14.1. The van der Waals surface area contributed by atoms with E-state index >= 15 is 0 Å². The summed E-state index contributed by atoms with van der Waals surface area (Å²) >= 11 is 0. The number of likely N-dealkylation sites (N-methyl/N-ethyl adjacent to an activating group) is 1. The number of hydrogen-bond donors (Lipinski definition) is 2. The lowest BCUT2D eigenvalue weighted by Crippen LogP contribution is -2.42. The van der Waals surface area contributed by atoms with Crippen LogP contribution in [0, 0.1) is 5.82 Å². The maximum absolute atomic E-state index is 14.1. The number of carbonyl (C=O) groups is 1. The molecule has 2 N–H and O–H groups in total. The molecule has 0 aliphatic heterocycles. The second-order valence-corrected chi connectivity index (χ2v) is 6.85. The van der Waals surface area contributed by atoms with Crippen molar-refractivity contribution in [1.29, 1.82) is 0 Å². The predicted octanol–water partition coefficient (Wildman–Crippen LogP) is 2.28. The fourth-order valence-corrected chi connectivity index (χ4v) is 2.68. The van der Waals surface area contributed by atoms with Crippen molar-refractivity contribution in [3.8, 4) is 0 Å². The number of guanidine groups is 1. The van der Waals surface area contributed by atoms with E-state index in [2.05, 4.69) is 22.5 Å². The van der Waals surface area contributed by atoms with Crippen LogP contribution in [-0.2, 0) is 10.2 Å². The van der Waals surface area contributed by atoms with Gasteiger partial charge >= 0.3 is 0 Å². The van der Waals surface area contributed by atoms with E-state index in [1.54, 1.807) is 20.2 Å². The van der Waals surface area contributed by atoms with Crippen LogP contribution >= 0.6 is 0 Å². The first-order chi connectivity index (χ1) is 12.0. The minimum Gasteiger partial charge on any atom is -0.356 e. The van der Waals surface area contributed by atoms with Gasteiger partial charge in [0, 0.05) is 32.6 Å². The molecule has 1 aliphatic carbocycles. The summed E-state index contributed by atoms with van der Waals surface area (Å²) in [6.07, 6.45) is 4.02. The van der Waals surface area contributed by atoms with Gasteiger partial charge in [-0.25, -0.2) is 9.38 Å². The Balaban J connectivity index is 2.00. The van der Waals surface area contributed by atoms with Gasteiger partial charge in [0.1, 0.15) is 12.4 Å². The van der Waals surface area contributed by atoms with Gasteiger partial charge in [0.05, 0.1) is 0 Å². The molecule has 1 saturated carbocycles. The number of benzene rings is 1. The molecule has 6 heteroatoms. The molecule has 5 nitrogen and oxygen atoms in total. The van der Waals surface area contributed by atoms with Crippen molar-refractivity contribution >= 4 is 11.9 Å². The van der Waals surface area contributed by atoms with Crippen molar-refractivity contribution in [3.05, 3.63) is 35.6 Å². The molecule has 138 valence electrons. The lowest BCUT2D eigenvalue weighted by atomic mass is 9.95. The van der Waals surface area contributed by atoms with Gasteiger partial charge in [-0.15, -0.1) is 0 Å². The third-order valence-corrected chi connectivity index (χ3v) is 4.59. The number of aliphatic imine (C=N–C) groups is 1. The van der Waals surface area contributed by atoms with E-state index in [-0.39, 0.29) is 23.7 Å². The lowest BCUT2D eigenvalue weighted by Gasteiger charge is -2.20. The van der Waals surface area contributed by atoms with Gasteiger partial charge in [0.15, 0.2) is 5.96 Å². The maximum Gasteiger partial charge on any atom is 0.243 e. The molecule has 1 amide bonds. The summed E-state index contributed by atoms with van der Waals surface area (Å²) in [6.45, 7) is 3.63. The van der Waals surface area contributed by atoms with Gasteiger partial charge < -0.3 is 15.5 Å². The summed E-state index contributed by atoms with van der Waals surface area (Å²) in [6, 6.07) is 6.97. The molecule has 0 atom stereocenters. The van der Waals surface area contributed by atoms with E-state index in [0.29, 0.717) is 12.5 Å². The number of amides is 1. The van der Waals surface area contributed by atoms with Crippen LogP contribution in [0.2, 0.25) is 0 Å². The average Bonchev–Trinajstić information content (AvgIpc) is 3.38. The fourth-order valence-electron chi connectivity index (χ4n) is 2.68. The van der Waals surface area contributed by atoms with E-state index in [1.807, 2.05) is 12.1 Å². The lowest BCUT2D eigenvalue weighted by molar-refractivity contribution is -0.127. The minimum absolute atomic E-state index is 0.0492. The molecule has 0 saturated heterocycles. The summed E-state index contributed by atoms with van der Waals surface area (Å²) in [7, 11) is 3.43. The molecule has 0 aromatic heterocycles. The van der Waals surface area contributed by atoms with Crippen molar-refractivity contribution in [2.45, 2.75) is 38.0 Å². The van der Waals surface area contributed by atoms with E-state index in [9.17, 15) is 9.18 Å². The molecular weight excluding hydrogens is 319 g/mol. The van der Waals surface area contributed by atoms with Crippen LogP contribution in [0.3, 0.4) is 0 Å². The Morgan fingerprint density at radius 1 is 1.28 bits per heavy atom. The molecule has 1 fully saturated rings. The van der Waals surface area contributed by atoms with Gasteiger partial charge in [-0.1, -0.05) is 31.5 Å². The zero-order valence-electron chi connectivity index (χ0n) is 15.4. The van der Waals surface area contributed by atoms with Crippen LogP contribution < -0.4 is 10.6 Å². The van der Waals surface area contributed by atoms with Crippen LogP contribution in [0.15, 0.2) is 29.3 Å². The highest BCUT2D eigenvalue weighted by Crippen LogP contribution is 2.48. The standard InChI is InChI=1S/C19H29FN4O/c1-4-5-12-21-18(22-13-17(25)24(2)3)23-14-19(10-11-19)15-8-6-7-9-16(15)20/h6-9H,4-5,10-14H2,1-3H3,(H2,21,22,23). The van der Waals surface area contributed by atoms with Gasteiger partial charge in [-0.05, 0) is 30.9 Å². The molecule has 0 unspecified atom stereocenters. The van der Waals surface area contributed by atoms with E-state index in [4.69, 9.17) is 0 Å². The van der Waals surface area contributed by atoms with Crippen LogP contribution in [-0.4, -0.2) is 50.5 Å². The van der Waals surface area contributed by atoms with Crippen LogP contribution in [0.1, 0.15) is 38.2 Å². The first-order valence-corrected chi connectivity index (χ1v) is 8.96. The third-order valence-electron chi connectivity index (χ3n) is 4.59.